The minimum atomic E-state index is -1.23. The van der Waals surface area contributed by atoms with Gasteiger partial charge < -0.3 is 10.2 Å². The zero-order valence-electron chi connectivity index (χ0n) is 12.6. The summed E-state index contributed by atoms with van der Waals surface area (Å²) in [5.74, 6) is -1.30. The molecule has 0 radical (unpaired) electrons. The molecule has 2 heterocycles. The predicted octanol–water partition coefficient (Wildman–Crippen LogP) is 3.77. The van der Waals surface area contributed by atoms with Crippen LogP contribution in [0.5, 0.6) is 5.75 Å². The SMILES string of the molecule is Cc1ccc(N=Nc2c(C(=O)O)nc3c(O)cccn23)c(C)c1. The molecule has 7 heteroatoms. The number of aryl methyl sites for hydroxylation is 2. The van der Waals surface area contributed by atoms with Gasteiger partial charge in [-0.05, 0) is 37.6 Å². The summed E-state index contributed by atoms with van der Waals surface area (Å²) in [5.41, 5.74) is 2.54. The number of rotatable bonds is 3. The van der Waals surface area contributed by atoms with Crippen molar-refractivity contribution in [1.29, 1.82) is 0 Å². The second-order valence-electron chi connectivity index (χ2n) is 5.17. The lowest BCUT2D eigenvalue weighted by Gasteiger charge is -2.01. The van der Waals surface area contributed by atoms with E-state index in [-0.39, 0.29) is 22.9 Å². The number of carbonyl (C=O) groups is 1. The van der Waals surface area contributed by atoms with Crippen LogP contribution in [-0.4, -0.2) is 25.6 Å². The number of aromatic carboxylic acids is 1. The quantitative estimate of drug-likeness (QED) is 0.719. The third kappa shape index (κ3) is 2.64. The van der Waals surface area contributed by atoms with Gasteiger partial charge in [-0.15, -0.1) is 10.2 Å². The van der Waals surface area contributed by atoms with Crippen LogP contribution >= 0.6 is 0 Å². The zero-order chi connectivity index (χ0) is 16.6. The molecule has 0 aliphatic carbocycles. The highest BCUT2D eigenvalue weighted by molar-refractivity contribution is 5.92. The Morgan fingerprint density at radius 2 is 2.00 bits per heavy atom. The Morgan fingerprint density at radius 3 is 2.70 bits per heavy atom. The summed E-state index contributed by atoms with van der Waals surface area (Å²) < 4.78 is 1.39. The van der Waals surface area contributed by atoms with Gasteiger partial charge in [-0.25, -0.2) is 9.78 Å². The summed E-state index contributed by atoms with van der Waals surface area (Å²) in [6.07, 6.45) is 1.57. The molecule has 0 unspecified atom stereocenters. The second kappa shape index (κ2) is 5.53. The van der Waals surface area contributed by atoms with Crippen LogP contribution in [0.1, 0.15) is 21.6 Å². The fraction of sp³-hybridized carbons (Fsp3) is 0.125. The number of aromatic nitrogens is 2. The van der Waals surface area contributed by atoms with Crippen LogP contribution in [0.4, 0.5) is 11.5 Å². The molecule has 3 aromatic rings. The molecule has 116 valence electrons. The van der Waals surface area contributed by atoms with E-state index in [9.17, 15) is 15.0 Å². The standard InChI is InChI=1S/C16H14N4O3/c1-9-5-6-11(10(2)8-9)18-19-15-13(16(22)23)17-14-12(21)4-3-7-20(14)15/h3-8,21H,1-2H3,(H,22,23). The highest BCUT2D eigenvalue weighted by atomic mass is 16.4. The molecular weight excluding hydrogens is 296 g/mol. The van der Waals surface area contributed by atoms with Gasteiger partial charge in [0.2, 0.25) is 0 Å². The molecule has 0 fully saturated rings. The lowest BCUT2D eigenvalue weighted by Crippen LogP contribution is -1.96. The van der Waals surface area contributed by atoms with Crippen molar-refractivity contribution in [2.45, 2.75) is 13.8 Å². The number of imidazole rings is 1. The summed E-state index contributed by atoms with van der Waals surface area (Å²) in [6, 6.07) is 8.69. The highest BCUT2D eigenvalue weighted by Gasteiger charge is 2.20. The number of carboxylic acids is 1. The number of fused-ring (bicyclic) bond motifs is 1. The van der Waals surface area contributed by atoms with E-state index in [2.05, 4.69) is 15.2 Å². The third-order valence-corrected chi connectivity index (χ3v) is 3.41. The maximum atomic E-state index is 11.4. The van der Waals surface area contributed by atoms with Gasteiger partial charge in [0.1, 0.15) is 0 Å². The van der Waals surface area contributed by atoms with Crippen molar-refractivity contribution in [3.63, 3.8) is 0 Å². The van der Waals surface area contributed by atoms with E-state index in [4.69, 9.17) is 0 Å². The van der Waals surface area contributed by atoms with Crippen LogP contribution in [-0.2, 0) is 0 Å². The van der Waals surface area contributed by atoms with Crippen molar-refractivity contribution in [2.75, 3.05) is 0 Å². The average molecular weight is 310 g/mol. The Hall–Kier alpha value is -3.22. The maximum absolute atomic E-state index is 11.4. The smallest absolute Gasteiger partial charge is 0.358 e. The Morgan fingerprint density at radius 1 is 1.22 bits per heavy atom. The van der Waals surface area contributed by atoms with Gasteiger partial charge in [0, 0.05) is 6.20 Å². The third-order valence-electron chi connectivity index (χ3n) is 3.41. The highest BCUT2D eigenvalue weighted by Crippen LogP contribution is 2.29. The van der Waals surface area contributed by atoms with Crippen LogP contribution in [0, 0.1) is 13.8 Å². The molecule has 0 saturated carbocycles. The summed E-state index contributed by atoms with van der Waals surface area (Å²) in [7, 11) is 0. The molecule has 0 spiro atoms. The van der Waals surface area contributed by atoms with Crippen molar-refractivity contribution >= 4 is 23.1 Å². The summed E-state index contributed by atoms with van der Waals surface area (Å²) in [4.78, 5) is 15.3. The number of carboxylic acid groups (broad SMARTS) is 1. The van der Waals surface area contributed by atoms with E-state index < -0.39 is 5.97 Å². The first-order chi connectivity index (χ1) is 11.0. The molecular formula is C16H14N4O3. The Labute approximate surface area is 131 Å². The molecule has 0 saturated heterocycles. The molecule has 0 amide bonds. The Bertz CT molecular complexity index is 944. The van der Waals surface area contributed by atoms with Gasteiger partial charge in [0.15, 0.2) is 22.9 Å². The van der Waals surface area contributed by atoms with Crippen molar-refractivity contribution in [3.8, 4) is 5.75 Å². The van der Waals surface area contributed by atoms with Crippen LogP contribution in [0.3, 0.4) is 0 Å². The van der Waals surface area contributed by atoms with Gasteiger partial charge in [-0.1, -0.05) is 17.7 Å². The number of benzene rings is 1. The Balaban J connectivity index is 2.15. The minimum Gasteiger partial charge on any atom is -0.504 e. The van der Waals surface area contributed by atoms with Crippen LogP contribution in [0.2, 0.25) is 0 Å². The van der Waals surface area contributed by atoms with Crippen LogP contribution in [0.15, 0.2) is 46.8 Å². The number of nitrogens with zero attached hydrogens (tertiary/aromatic N) is 4. The van der Waals surface area contributed by atoms with Crippen molar-refractivity contribution in [2.24, 2.45) is 10.2 Å². The second-order valence-corrected chi connectivity index (χ2v) is 5.17. The molecule has 0 bridgehead atoms. The van der Waals surface area contributed by atoms with Gasteiger partial charge in [-0.3, -0.25) is 4.40 Å². The first kappa shape index (κ1) is 14.7. The lowest BCUT2D eigenvalue weighted by atomic mass is 10.1. The van der Waals surface area contributed by atoms with E-state index in [0.717, 1.165) is 11.1 Å². The molecule has 7 nitrogen and oxygen atoms in total. The number of azo groups is 1. The predicted molar refractivity (Wildman–Crippen MR) is 83.9 cm³/mol. The number of hydrogen-bond acceptors (Lipinski definition) is 5. The normalized spacial score (nSPS) is 11.4. The number of hydrogen-bond donors (Lipinski definition) is 2. The lowest BCUT2D eigenvalue weighted by molar-refractivity contribution is 0.0692. The Kier molecular flexibility index (Phi) is 3.53. The summed E-state index contributed by atoms with van der Waals surface area (Å²) in [5, 5.41) is 27.3. The van der Waals surface area contributed by atoms with Crippen LogP contribution < -0.4 is 0 Å². The molecule has 2 aromatic heterocycles. The molecule has 0 atom stereocenters. The molecule has 2 N–H and O–H groups in total. The minimum absolute atomic E-state index is 0.0587. The molecule has 0 aliphatic rings. The fourth-order valence-corrected chi connectivity index (χ4v) is 2.30. The molecule has 3 rings (SSSR count). The number of aromatic hydroxyl groups is 1. The molecule has 23 heavy (non-hydrogen) atoms. The van der Waals surface area contributed by atoms with Crippen molar-refractivity contribution < 1.29 is 15.0 Å². The largest absolute Gasteiger partial charge is 0.504 e. The van der Waals surface area contributed by atoms with Gasteiger partial charge in [0.25, 0.3) is 0 Å². The zero-order valence-corrected chi connectivity index (χ0v) is 12.6. The number of pyridine rings is 1. The maximum Gasteiger partial charge on any atom is 0.358 e. The monoisotopic (exact) mass is 310 g/mol. The fourth-order valence-electron chi connectivity index (χ4n) is 2.30. The van der Waals surface area contributed by atoms with E-state index in [1.54, 1.807) is 12.3 Å². The van der Waals surface area contributed by atoms with E-state index in [1.165, 1.54) is 10.5 Å². The van der Waals surface area contributed by atoms with Crippen molar-refractivity contribution in [1.82, 2.24) is 9.38 Å². The average Bonchev–Trinajstić information content (AvgIpc) is 2.87. The summed E-state index contributed by atoms with van der Waals surface area (Å²) in [6.45, 7) is 3.88. The first-order valence-electron chi connectivity index (χ1n) is 6.89. The molecule has 1 aromatic carbocycles. The van der Waals surface area contributed by atoms with Gasteiger partial charge >= 0.3 is 5.97 Å². The molecule has 0 aliphatic heterocycles. The van der Waals surface area contributed by atoms with Gasteiger partial charge in [-0.2, -0.15) is 0 Å². The van der Waals surface area contributed by atoms with E-state index in [1.807, 2.05) is 32.0 Å². The van der Waals surface area contributed by atoms with E-state index in [0.29, 0.717) is 5.69 Å². The summed E-state index contributed by atoms with van der Waals surface area (Å²) >= 11 is 0. The van der Waals surface area contributed by atoms with Gasteiger partial charge in [0.05, 0.1) is 5.69 Å². The van der Waals surface area contributed by atoms with Crippen molar-refractivity contribution in [3.05, 3.63) is 53.3 Å². The topological polar surface area (TPSA) is 99.5 Å². The van der Waals surface area contributed by atoms with E-state index >= 15 is 0 Å². The first-order valence-corrected chi connectivity index (χ1v) is 6.89. The van der Waals surface area contributed by atoms with Crippen LogP contribution in [0.25, 0.3) is 5.65 Å².